The summed E-state index contributed by atoms with van der Waals surface area (Å²) in [5.41, 5.74) is 0.230. The molecule has 230 valence electrons. The van der Waals surface area contributed by atoms with E-state index >= 15 is 0 Å². The van der Waals surface area contributed by atoms with Gasteiger partial charge in [0.2, 0.25) is 17.7 Å². The van der Waals surface area contributed by atoms with Gasteiger partial charge in [0.25, 0.3) is 0 Å². The zero-order valence-electron chi connectivity index (χ0n) is 24.0. The number of carbonyl (C=O) groups excluding carboxylic acids is 4. The second-order valence-corrected chi connectivity index (χ2v) is 12.4. The molecule has 10 nitrogen and oxygen atoms in total. The number of fused-ring (bicyclic) bond motifs is 2. The lowest BCUT2D eigenvalue weighted by atomic mass is 9.74. The molecule has 3 amide bonds. The molecule has 2 aromatic rings. The van der Waals surface area contributed by atoms with Crippen molar-refractivity contribution in [3.8, 4) is 0 Å². The first-order chi connectivity index (χ1) is 21.3. The van der Waals surface area contributed by atoms with E-state index in [1.165, 1.54) is 4.90 Å². The zero-order valence-corrected chi connectivity index (χ0v) is 25.6. The monoisotopic (exact) mass is 663 g/mol. The third-order valence-corrected chi connectivity index (χ3v) is 9.45. The summed E-state index contributed by atoms with van der Waals surface area (Å²) in [7, 11) is 0. The van der Waals surface area contributed by atoms with Crippen LogP contribution >= 0.6 is 15.9 Å². The predicted octanol–water partition coefficient (Wildman–Crippen LogP) is 2.63. The number of ether oxygens (including phenoxy) is 2. The fourth-order valence-electron chi connectivity index (χ4n) is 6.80. The van der Waals surface area contributed by atoms with Crippen LogP contribution in [0.15, 0.2) is 83.4 Å². The average molecular weight is 665 g/mol. The Morgan fingerprint density at radius 2 is 1.70 bits per heavy atom. The number of nitrogens with one attached hydrogen (secondary N) is 1. The summed E-state index contributed by atoms with van der Waals surface area (Å²) in [5.74, 6) is -3.58. The van der Waals surface area contributed by atoms with E-state index in [-0.39, 0.29) is 45.2 Å². The van der Waals surface area contributed by atoms with Crippen LogP contribution in [0.3, 0.4) is 0 Å². The van der Waals surface area contributed by atoms with E-state index in [1.54, 1.807) is 11.0 Å². The highest BCUT2D eigenvalue weighted by molar-refractivity contribution is 9.11. The molecular weight excluding hydrogens is 630 g/mol. The maximum absolute atomic E-state index is 14.6. The first-order valence-electron chi connectivity index (χ1n) is 14.8. The van der Waals surface area contributed by atoms with Gasteiger partial charge in [-0.3, -0.25) is 19.2 Å². The number of cyclic esters (lactones) is 1. The van der Waals surface area contributed by atoms with Gasteiger partial charge in [-0.1, -0.05) is 88.7 Å². The summed E-state index contributed by atoms with van der Waals surface area (Å²) < 4.78 is 12.7. The van der Waals surface area contributed by atoms with E-state index in [0.717, 1.165) is 11.1 Å². The summed E-state index contributed by atoms with van der Waals surface area (Å²) in [6, 6.07) is 16.9. The molecule has 6 atom stereocenters. The van der Waals surface area contributed by atoms with Crippen LogP contribution in [0.25, 0.3) is 0 Å². The number of aliphatic hydroxyl groups excluding tert-OH is 1. The number of esters is 1. The van der Waals surface area contributed by atoms with E-state index in [4.69, 9.17) is 9.47 Å². The van der Waals surface area contributed by atoms with Gasteiger partial charge in [0, 0.05) is 30.5 Å². The molecule has 1 spiro atoms. The van der Waals surface area contributed by atoms with Crippen LogP contribution in [0.5, 0.6) is 0 Å². The van der Waals surface area contributed by atoms with Crippen LogP contribution in [0.2, 0.25) is 0 Å². The molecule has 0 aliphatic carbocycles. The number of hydrogen-bond acceptors (Lipinski definition) is 7. The van der Waals surface area contributed by atoms with Crippen molar-refractivity contribution in [2.24, 2.45) is 11.8 Å². The Hall–Kier alpha value is -3.80. The lowest BCUT2D eigenvalue weighted by molar-refractivity contribution is -0.148. The SMILES string of the molecule is O=C1CC/C=C\CN(Cc2ccccc2)C(=O)[C@H]2N(CCO)C(=O)[C@@H]3[C@@H](C(=O)N[C@@H](c4ccccc4)CO1)[C@@H]1O[C@@]32C=C1Br. The number of aliphatic hydroxyl groups is 1. The van der Waals surface area contributed by atoms with Crippen molar-refractivity contribution in [2.45, 2.75) is 43.2 Å². The van der Waals surface area contributed by atoms with Crippen LogP contribution < -0.4 is 5.32 Å². The third-order valence-electron chi connectivity index (χ3n) is 8.77. The molecule has 4 heterocycles. The van der Waals surface area contributed by atoms with Crippen molar-refractivity contribution >= 4 is 39.6 Å². The molecular formula is C33H34BrN3O7. The highest BCUT2D eigenvalue weighted by Crippen LogP contribution is 2.58. The maximum Gasteiger partial charge on any atom is 0.306 e. The van der Waals surface area contributed by atoms with E-state index in [2.05, 4.69) is 21.2 Å². The molecule has 2 aromatic carbocycles. The predicted molar refractivity (Wildman–Crippen MR) is 163 cm³/mol. The fourth-order valence-corrected chi connectivity index (χ4v) is 7.53. The van der Waals surface area contributed by atoms with Gasteiger partial charge in [0.15, 0.2) is 0 Å². The average Bonchev–Trinajstić information content (AvgIpc) is 3.62. The molecule has 11 heteroatoms. The Bertz CT molecular complexity index is 1480. The number of amides is 3. The Labute approximate surface area is 263 Å². The van der Waals surface area contributed by atoms with Crippen molar-refractivity contribution in [1.82, 2.24) is 15.1 Å². The standard InChI is InChI=1S/C33H34BrN3O7/c34-23-18-33-27-26(28(23)44-33)30(40)35-24(22-12-6-2-7-13-22)20-43-25(39)14-8-3-9-15-36(19-21-10-4-1-5-11-21)32(42)29(33)37(16-17-38)31(27)41/h1-7,9-13,18,24,26-29,38H,8,14-17,19-20H2,(H,35,40)/b9-3-/t24-,26-,27+,28-,29-,33+/m1/s1. The summed E-state index contributed by atoms with van der Waals surface area (Å²) in [6.07, 6.45) is 5.18. The summed E-state index contributed by atoms with van der Waals surface area (Å²) in [5, 5.41) is 13.0. The van der Waals surface area contributed by atoms with Gasteiger partial charge < -0.3 is 29.7 Å². The molecule has 4 aliphatic heterocycles. The number of benzene rings is 2. The molecule has 44 heavy (non-hydrogen) atoms. The van der Waals surface area contributed by atoms with Crippen LogP contribution in [0.1, 0.15) is 30.0 Å². The number of β-amino-alcohol motifs (C(OH)–C–C–N with tert-alkyl or cyclic N) is 1. The van der Waals surface area contributed by atoms with Crippen LogP contribution in [-0.4, -0.2) is 82.6 Å². The van der Waals surface area contributed by atoms with Crippen molar-refractivity contribution < 1.29 is 33.8 Å². The molecule has 0 unspecified atom stereocenters. The zero-order chi connectivity index (χ0) is 30.8. The lowest BCUT2D eigenvalue weighted by Crippen LogP contribution is -2.56. The largest absolute Gasteiger partial charge is 0.463 e. The minimum Gasteiger partial charge on any atom is -0.463 e. The van der Waals surface area contributed by atoms with Crippen molar-refractivity contribution in [2.75, 3.05) is 26.3 Å². The summed E-state index contributed by atoms with van der Waals surface area (Å²) in [4.78, 5) is 58.4. The van der Waals surface area contributed by atoms with Gasteiger partial charge in [-0.05, 0) is 23.6 Å². The number of carbonyl (C=O) groups is 4. The minimum absolute atomic E-state index is 0.0834. The number of likely N-dealkylation sites (tertiary alicyclic amines) is 1. The van der Waals surface area contributed by atoms with Gasteiger partial charge in [0.05, 0.1) is 24.5 Å². The van der Waals surface area contributed by atoms with Crippen molar-refractivity contribution in [3.05, 3.63) is 94.5 Å². The topological polar surface area (TPSA) is 125 Å². The number of rotatable bonds is 5. The normalized spacial score (nSPS) is 31.4. The first kappa shape index (κ1) is 30.2. The summed E-state index contributed by atoms with van der Waals surface area (Å²) in [6.45, 7) is -0.0424. The second-order valence-electron chi connectivity index (χ2n) is 11.5. The molecule has 2 fully saturated rings. The molecule has 4 aliphatic rings. The molecule has 6 rings (SSSR count). The van der Waals surface area contributed by atoms with Crippen molar-refractivity contribution in [3.63, 3.8) is 0 Å². The Balaban J connectivity index is 1.41. The molecule has 0 radical (unpaired) electrons. The van der Waals surface area contributed by atoms with Gasteiger partial charge in [-0.25, -0.2) is 0 Å². The minimum atomic E-state index is -1.41. The highest BCUT2D eigenvalue weighted by Gasteiger charge is 2.74. The van der Waals surface area contributed by atoms with Gasteiger partial charge in [-0.15, -0.1) is 0 Å². The number of halogens is 1. The first-order valence-corrected chi connectivity index (χ1v) is 15.6. The van der Waals surface area contributed by atoms with Gasteiger partial charge in [0.1, 0.15) is 24.4 Å². The number of nitrogens with zero attached hydrogens (tertiary/aromatic N) is 2. The van der Waals surface area contributed by atoms with Crippen LogP contribution in [-0.2, 0) is 35.2 Å². The quantitative estimate of drug-likeness (QED) is 0.372. The Kier molecular flexibility index (Phi) is 8.70. The lowest BCUT2D eigenvalue weighted by Gasteiger charge is -2.35. The molecule has 2 N–H and O–H groups in total. The molecule has 0 saturated carbocycles. The number of allylic oxidation sites excluding steroid dienone is 1. The Morgan fingerprint density at radius 1 is 0.977 bits per heavy atom. The molecule has 2 saturated heterocycles. The van der Waals surface area contributed by atoms with E-state index < -0.39 is 53.4 Å². The van der Waals surface area contributed by atoms with E-state index in [1.807, 2.05) is 72.8 Å². The van der Waals surface area contributed by atoms with Crippen LogP contribution in [0.4, 0.5) is 0 Å². The highest BCUT2D eigenvalue weighted by atomic mass is 79.9. The van der Waals surface area contributed by atoms with E-state index in [9.17, 15) is 24.3 Å². The van der Waals surface area contributed by atoms with Crippen LogP contribution in [0, 0.1) is 11.8 Å². The Morgan fingerprint density at radius 3 is 2.43 bits per heavy atom. The molecule has 5 bridgehead atoms. The smallest absolute Gasteiger partial charge is 0.306 e. The van der Waals surface area contributed by atoms with Gasteiger partial charge >= 0.3 is 5.97 Å². The van der Waals surface area contributed by atoms with E-state index in [0.29, 0.717) is 10.9 Å². The number of hydrogen-bond donors (Lipinski definition) is 2. The molecule has 0 aromatic heterocycles. The third kappa shape index (κ3) is 5.48. The van der Waals surface area contributed by atoms with Gasteiger partial charge in [-0.2, -0.15) is 0 Å². The maximum atomic E-state index is 14.6. The van der Waals surface area contributed by atoms with Crippen molar-refractivity contribution in [1.29, 1.82) is 0 Å². The fraction of sp³-hybridized carbons (Fsp3) is 0.394. The second kappa shape index (κ2) is 12.7. The summed E-state index contributed by atoms with van der Waals surface area (Å²) >= 11 is 3.56.